The second-order valence-corrected chi connectivity index (χ2v) is 5.17. The van der Waals surface area contributed by atoms with E-state index in [1.807, 2.05) is 18.9 Å². The van der Waals surface area contributed by atoms with Crippen LogP contribution in [0.4, 0.5) is 0 Å². The molecule has 5 nitrogen and oxygen atoms in total. The minimum atomic E-state index is -0.324. The van der Waals surface area contributed by atoms with Gasteiger partial charge in [-0.1, -0.05) is 0 Å². The number of carbonyl (C=O) groups excluding carboxylic acids is 1. The van der Waals surface area contributed by atoms with Gasteiger partial charge < -0.3 is 15.2 Å². The van der Waals surface area contributed by atoms with Gasteiger partial charge in [0.25, 0.3) is 0 Å². The van der Waals surface area contributed by atoms with Gasteiger partial charge in [-0.15, -0.1) is 0 Å². The average Bonchev–Trinajstić information content (AvgIpc) is 2.85. The van der Waals surface area contributed by atoms with Crippen molar-refractivity contribution >= 4 is 5.91 Å². The van der Waals surface area contributed by atoms with Gasteiger partial charge in [-0.2, -0.15) is 0 Å². The highest BCUT2D eigenvalue weighted by Crippen LogP contribution is 2.10. The normalized spacial score (nSPS) is 23.1. The summed E-state index contributed by atoms with van der Waals surface area (Å²) in [5.41, 5.74) is 0. The van der Waals surface area contributed by atoms with Gasteiger partial charge in [0.1, 0.15) is 0 Å². The first-order chi connectivity index (χ1) is 8.50. The summed E-state index contributed by atoms with van der Waals surface area (Å²) >= 11 is 0. The van der Waals surface area contributed by atoms with Crippen LogP contribution in [0.2, 0.25) is 0 Å². The maximum absolute atomic E-state index is 11.9. The Morgan fingerprint density at radius 1 is 1.56 bits per heavy atom. The van der Waals surface area contributed by atoms with E-state index in [4.69, 9.17) is 4.74 Å². The zero-order valence-corrected chi connectivity index (χ0v) is 11.7. The van der Waals surface area contributed by atoms with Gasteiger partial charge in [0.15, 0.2) is 0 Å². The predicted octanol–water partition coefficient (Wildman–Crippen LogP) is 0.373. The molecule has 2 N–H and O–H groups in total. The second kappa shape index (κ2) is 7.71. The Morgan fingerprint density at radius 2 is 2.28 bits per heavy atom. The Balaban J connectivity index is 2.22. The molecule has 0 radical (unpaired) electrons. The van der Waals surface area contributed by atoms with Crippen molar-refractivity contribution < 1.29 is 14.6 Å². The monoisotopic (exact) mass is 258 g/mol. The van der Waals surface area contributed by atoms with Crippen molar-refractivity contribution in [3.05, 3.63) is 0 Å². The van der Waals surface area contributed by atoms with Crippen molar-refractivity contribution in [1.82, 2.24) is 10.2 Å². The summed E-state index contributed by atoms with van der Waals surface area (Å²) in [5, 5.41) is 12.1. The van der Waals surface area contributed by atoms with Crippen molar-refractivity contribution in [1.29, 1.82) is 0 Å². The van der Waals surface area contributed by atoms with Crippen molar-refractivity contribution in [2.24, 2.45) is 0 Å². The Kier molecular flexibility index (Phi) is 6.60. The quantitative estimate of drug-likeness (QED) is 0.693. The predicted molar refractivity (Wildman–Crippen MR) is 70.4 cm³/mol. The van der Waals surface area contributed by atoms with Gasteiger partial charge in [-0.25, -0.2) is 0 Å². The summed E-state index contributed by atoms with van der Waals surface area (Å²) in [7, 11) is 1.90. The molecule has 106 valence electrons. The third-order valence-corrected chi connectivity index (χ3v) is 3.47. The molecule has 5 heteroatoms. The van der Waals surface area contributed by atoms with E-state index in [0.717, 1.165) is 19.4 Å². The smallest absolute Gasteiger partial charge is 0.237 e. The van der Waals surface area contributed by atoms with Crippen LogP contribution < -0.4 is 5.32 Å². The maximum atomic E-state index is 11.9. The van der Waals surface area contributed by atoms with E-state index < -0.39 is 0 Å². The lowest BCUT2D eigenvalue weighted by Gasteiger charge is -2.24. The molecule has 1 heterocycles. The summed E-state index contributed by atoms with van der Waals surface area (Å²) in [5.74, 6) is 0.0265. The number of aliphatic hydroxyl groups is 1. The van der Waals surface area contributed by atoms with Crippen LogP contribution in [0, 0.1) is 0 Å². The number of aliphatic hydroxyl groups excluding tert-OH is 1. The Hall–Kier alpha value is -0.650. The zero-order chi connectivity index (χ0) is 13.5. The molecule has 3 unspecified atom stereocenters. The highest BCUT2D eigenvalue weighted by Gasteiger charge is 2.21. The van der Waals surface area contributed by atoms with Gasteiger partial charge in [-0.3, -0.25) is 9.69 Å². The second-order valence-electron chi connectivity index (χ2n) is 5.17. The van der Waals surface area contributed by atoms with E-state index >= 15 is 0 Å². The molecule has 1 saturated heterocycles. The van der Waals surface area contributed by atoms with Crippen LogP contribution in [0.1, 0.15) is 33.1 Å². The van der Waals surface area contributed by atoms with Gasteiger partial charge >= 0.3 is 0 Å². The molecule has 0 saturated carbocycles. The van der Waals surface area contributed by atoms with E-state index in [9.17, 15) is 9.90 Å². The topological polar surface area (TPSA) is 61.8 Å². The number of likely N-dealkylation sites (N-methyl/N-ethyl adjacent to an activating group) is 1. The van der Waals surface area contributed by atoms with Crippen molar-refractivity contribution in [2.45, 2.75) is 51.4 Å². The van der Waals surface area contributed by atoms with Crippen molar-refractivity contribution in [3.63, 3.8) is 0 Å². The number of rotatable bonds is 7. The molecular formula is C13H26N2O3. The SMILES string of the molecule is CC(O)CCN(C)C(C)C(=O)NCC1CCCO1. The Labute approximate surface area is 109 Å². The van der Waals surface area contributed by atoms with Crippen molar-refractivity contribution in [2.75, 3.05) is 26.7 Å². The van der Waals surface area contributed by atoms with Crippen LogP contribution in [0.3, 0.4) is 0 Å². The molecule has 1 aliphatic rings. The molecule has 0 aromatic heterocycles. The summed E-state index contributed by atoms with van der Waals surface area (Å²) in [6.45, 7) is 5.77. The molecule has 1 aliphatic heterocycles. The van der Waals surface area contributed by atoms with Gasteiger partial charge in [0, 0.05) is 19.7 Å². The fourth-order valence-electron chi connectivity index (χ4n) is 1.95. The van der Waals surface area contributed by atoms with Crippen LogP contribution in [-0.2, 0) is 9.53 Å². The van der Waals surface area contributed by atoms with Crippen LogP contribution in [0.15, 0.2) is 0 Å². The van der Waals surface area contributed by atoms with Gasteiger partial charge in [-0.05, 0) is 40.2 Å². The number of nitrogens with one attached hydrogen (secondary N) is 1. The molecule has 0 aliphatic carbocycles. The number of hydrogen-bond acceptors (Lipinski definition) is 4. The molecule has 0 aromatic carbocycles. The highest BCUT2D eigenvalue weighted by molar-refractivity contribution is 5.81. The van der Waals surface area contributed by atoms with Crippen LogP contribution in [-0.4, -0.2) is 60.9 Å². The standard InChI is InChI=1S/C13H26N2O3/c1-10(16)6-7-15(3)11(2)13(17)14-9-12-5-4-8-18-12/h10-12,16H,4-9H2,1-3H3,(H,14,17). The number of amides is 1. The first kappa shape index (κ1) is 15.4. The highest BCUT2D eigenvalue weighted by atomic mass is 16.5. The first-order valence-electron chi connectivity index (χ1n) is 6.78. The van der Waals surface area contributed by atoms with Crippen molar-refractivity contribution in [3.8, 4) is 0 Å². The summed E-state index contributed by atoms with van der Waals surface area (Å²) in [6.07, 6.45) is 2.66. The zero-order valence-electron chi connectivity index (χ0n) is 11.7. The van der Waals surface area contributed by atoms with E-state index in [-0.39, 0.29) is 24.2 Å². The number of hydrogen-bond donors (Lipinski definition) is 2. The van der Waals surface area contributed by atoms with E-state index in [1.165, 1.54) is 0 Å². The number of ether oxygens (including phenoxy) is 1. The molecule has 0 spiro atoms. The van der Waals surface area contributed by atoms with Crippen LogP contribution >= 0.6 is 0 Å². The summed E-state index contributed by atoms with van der Waals surface area (Å²) in [6, 6.07) is -0.176. The average molecular weight is 258 g/mol. The third-order valence-electron chi connectivity index (χ3n) is 3.47. The first-order valence-corrected chi connectivity index (χ1v) is 6.78. The number of carbonyl (C=O) groups is 1. The van der Waals surface area contributed by atoms with E-state index in [0.29, 0.717) is 19.5 Å². The minimum absolute atomic E-state index is 0.0265. The lowest BCUT2D eigenvalue weighted by Crippen LogP contribution is -2.45. The van der Waals surface area contributed by atoms with Gasteiger partial charge in [0.05, 0.1) is 18.2 Å². The van der Waals surface area contributed by atoms with Crippen LogP contribution in [0.5, 0.6) is 0 Å². The lowest BCUT2D eigenvalue weighted by atomic mass is 10.2. The van der Waals surface area contributed by atoms with Crippen LogP contribution in [0.25, 0.3) is 0 Å². The molecule has 0 aromatic rings. The molecular weight excluding hydrogens is 232 g/mol. The maximum Gasteiger partial charge on any atom is 0.237 e. The summed E-state index contributed by atoms with van der Waals surface area (Å²) in [4.78, 5) is 13.9. The fourth-order valence-corrected chi connectivity index (χ4v) is 1.95. The lowest BCUT2D eigenvalue weighted by molar-refractivity contribution is -0.126. The third kappa shape index (κ3) is 5.33. The summed E-state index contributed by atoms with van der Waals surface area (Å²) < 4.78 is 5.46. The molecule has 1 rings (SSSR count). The molecule has 3 atom stereocenters. The van der Waals surface area contributed by atoms with E-state index in [2.05, 4.69) is 5.32 Å². The molecule has 0 bridgehead atoms. The van der Waals surface area contributed by atoms with E-state index in [1.54, 1.807) is 6.92 Å². The minimum Gasteiger partial charge on any atom is -0.393 e. The molecule has 1 fully saturated rings. The Morgan fingerprint density at radius 3 is 2.83 bits per heavy atom. The number of nitrogens with zero attached hydrogens (tertiary/aromatic N) is 1. The molecule has 1 amide bonds. The Bertz CT molecular complexity index is 253. The fraction of sp³-hybridized carbons (Fsp3) is 0.923. The van der Waals surface area contributed by atoms with Gasteiger partial charge in [0.2, 0.25) is 5.91 Å². The largest absolute Gasteiger partial charge is 0.393 e. The molecule has 18 heavy (non-hydrogen) atoms.